The number of carbonyl (C=O) groups excluding carboxylic acids is 1. The third-order valence-corrected chi connectivity index (χ3v) is 5.95. The zero-order valence-corrected chi connectivity index (χ0v) is 17.5. The van der Waals surface area contributed by atoms with Gasteiger partial charge in [-0.15, -0.1) is 0 Å². The van der Waals surface area contributed by atoms with E-state index in [1.165, 1.54) is 0 Å². The number of piperazine rings is 1. The average Bonchev–Trinajstić information content (AvgIpc) is 3.42. The highest BCUT2D eigenvalue weighted by Crippen LogP contribution is 2.21. The number of hydrogen-bond acceptors (Lipinski definition) is 5. The van der Waals surface area contributed by atoms with Gasteiger partial charge in [0.1, 0.15) is 0 Å². The lowest BCUT2D eigenvalue weighted by Crippen LogP contribution is -2.48. The lowest BCUT2D eigenvalue weighted by molar-refractivity contribution is -0.132. The number of aromatic amines is 1. The first-order valence-corrected chi connectivity index (χ1v) is 10.6. The van der Waals surface area contributed by atoms with Crippen LogP contribution < -0.4 is 0 Å². The molecule has 158 valence electrons. The first-order valence-electron chi connectivity index (χ1n) is 10.6. The summed E-state index contributed by atoms with van der Waals surface area (Å²) in [5, 5.41) is 5.26. The van der Waals surface area contributed by atoms with Crippen LogP contribution in [-0.2, 0) is 17.8 Å². The quantitative estimate of drug-likeness (QED) is 0.540. The molecule has 2 aromatic carbocycles. The molecule has 1 N–H and O–H groups in total. The van der Waals surface area contributed by atoms with Gasteiger partial charge in [-0.25, -0.2) is 0 Å². The molecule has 1 fully saturated rings. The number of aryl methyl sites for hydroxylation is 1. The Morgan fingerprint density at radius 1 is 1.06 bits per heavy atom. The normalized spacial score (nSPS) is 14.9. The molecule has 0 spiro atoms. The van der Waals surface area contributed by atoms with Gasteiger partial charge in [-0.1, -0.05) is 47.6 Å². The van der Waals surface area contributed by atoms with Gasteiger partial charge in [-0.3, -0.25) is 9.69 Å². The van der Waals surface area contributed by atoms with Gasteiger partial charge in [-0.2, -0.15) is 4.98 Å². The van der Waals surface area contributed by atoms with Gasteiger partial charge in [0.2, 0.25) is 17.6 Å². The molecular formula is C24H25N5O2. The standard InChI is InChI=1S/C24H25N5O2/c1-17-6-2-3-7-19(17)24-26-22(31-27-24)16-28-10-12-29(13-11-28)23(30)14-18-15-25-21-9-5-4-8-20(18)21/h2-9,15,25H,10-14,16H2,1H3. The van der Waals surface area contributed by atoms with Crippen LogP contribution in [0.1, 0.15) is 17.0 Å². The molecule has 0 saturated carbocycles. The van der Waals surface area contributed by atoms with Crippen molar-refractivity contribution in [3.63, 3.8) is 0 Å². The molecular weight excluding hydrogens is 390 g/mol. The molecule has 7 heteroatoms. The summed E-state index contributed by atoms with van der Waals surface area (Å²) in [6, 6.07) is 16.1. The lowest BCUT2D eigenvalue weighted by atomic mass is 10.1. The largest absolute Gasteiger partial charge is 0.361 e. The smallest absolute Gasteiger partial charge is 0.241 e. The predicted molar refractivity (Wildman–Crippen MR) is 118 cm³/mol. The Bertz CT molecular complexity index is 1200. The second-order valence-electron chi connectivity index (χ2n) is 8.02. The Labute approximate surface area is 180 Å². The minimum Gasteiger partial charge on any atom is -0.361 e. The number of hydrogen-bond donors (Lipinski definition) is 1. The van der Waals surface area contributed by atoms with Crippen LogP contribution in [0.5, 0.6) is 0 Å². The number of fused-ring (bicyclic) bond motifs is 1. The molecule has 2 aromatic heterocycles. The van der Waals surface area contributed by atoms with Crippen LogP contribution in [0.3, 0.4) is 0 Å². The highest BCUT2D eigenvalue weighted by atomic mass is 16.5. The SMILES string of the molecule is Cc1ccccc1-c1noc(CN2CCN(C(=O)Cc3c[nH]c4ccccc34)CC2)n1. The van der Waals surface area contributed by atoms with Crippen molar-refractivity contribution in [2.75, 3.05) is 26.2 Å². The molecule has 1 aliphatic rings. The molecule has 5 rings (SSSR count). The Morgan fingerprint density at radius 2 is 1.84 bits per heavy atom. The maximum atomic E-state index is 12.8. The van der Waals surface area contributed by atoms with Gasteiger partial charge < -0.3 is 14.4 Å². The van der Waals surface area contributed by atoms with Crippen LogP contribution in [0, 0.1) is 6.92 Å². The Balaban J connectivity index is 1.16. The number of carbonyl (C=O) groups is 1. The van der Waals surface area contributed by atoms with Crippen LogP contribution >= 0.6 is 0 Å². The van der Waals surface area contributed by atoms with E-state index in [-0.39, 0.29) is 5.91 Å². The molecule has 0 radical (unpaired) electrons. The van der Waals surface area contributed by atoms with Crippen LogP contribution in [0.15, 0.2) is 59.3 Å². The van der Waals surface area contributed by atoms with E-state index >= 15 is 0 Å². The fourth-order valence-corrected chi connectivity index (χ4v) is 4.15. The highest BCUT2D eigenvalue weighted by molar-refractivity contribution is 5.88. The van der Waals surface area contributed by atoms with Gasteiger partial charge in [0.25, 0.3) is 0 Å². The molecule has 0 aliphatic carbocycles. The fourth-order valence-electron chi connectivity index (χ4n) is 4.15. The summed E-state index contributed by atoms with van der Waals surface area (Å²) in [4.78, 5) is 24.8. The number of amides is 1. The summed E-state index contributed by atoms with van der Waals surface area (Å²) in [6.45, 7) is 5.64. The third kappa shape index (κ3) is 4.09. The lowest BCUT2D eigenvalue weighted by Gasteiger charge is -2.34. The van der Waals surface area contributed by atoms with Crippen molar-refractivity contribution in [3.8, 4) is 11.4 Å². The molecule has 1 aliphatic heterocycles. The summed E-state index contributed by atoms with van der Waals surface area (Å²) in [6.07, 6.45) is 2.37. The minimum absolute atomic E-state index is 0.170. The van der Waals surface area contributed by atoms with Gasteiger partial charge >= 0.3 is 0 Å². The van der Waals surface area contributed by atoms with E-state index in [0.717, 1.165) is 40.7 Å². The van der Waals surface area contributed by atoms with Crippen molar-refractivity contribution < 1.29 is 9.32 Å². The number of para-hydroxylation sites is 1. The first-order chi connectivity index (χ1) is 15.2. The summed E-state index contributed by atoms with van der Waals surface area (Å²) in [7, 11) is 0. The summed E-state index contributed by atoms with van der Waals surface area (Å²) < 4.78 is 5.48. The van der Waals surface area contributed by atoms with E-state index in [4.69, 9.17) is 4.52 Å². The highest BCUT2D eigenvalue weighted by Gasteiger charge is 2.23. The number of H-pyrrole nitrogens is 1. The topological polar surface area (TPSA) is 78.3 Å². The van der Waals surface area contributed by atoms with Crippen molar-refractivity contribution in [1.82, 2.24) is 24.9 Å². The zero-order valence-electron chi connectivity index (χ0n) is 17.5. The van der Waals surface area contributed by atoms with E-state index in [2.05, 4.69) is 26.1 Å². The van der Waals surface area contributed by atoms with Gasteiger partial charge in [0, 0.05) is 48.8 Å². The fraction of sp³-hybridized carbons (Fsp3) is 0.292. The van der Waals surface area contributed by atoms with Gasteiger partial charge in [-0.05, 0) is 24.1 Å². The zero-order chi connectivity index (χ0) is 21.2. The number of nitrogens with one attached hydrogen (secondary N) is 1. The monoisotopic (exact) mass is 415 g/mol. The predicted octanol–water partition coefficient (Wildman–Crippen LogP) is 3.41. The van der Waals surface area contributed by atoms with E-state index in [1.807, 2.05) is 60.5 Å². The van der Waals surface area contributed by atoms with E-state index < -0.39 is 0 Å². The number of aromatic nitrogens is 3. The second kappa shape index (κ2) is 8.35. The second-order valence-corrected chi connectivity index (χ2v) is 8.02. The first kappa shape index (κ1) is 19.5. The molecule has 31 heavy (non-hydrogen) atoms. The number of rotatable bonds is 5. The molecule has 4 aromatic rings. The number of nitrogens with zero attached hydrogens (tertiary/aromatic N) is 4. The van der Waals surface area contributed by atoms with E-state index in [0.29, 0.717) is 37.8 Å². The van der Waals surface area contributed by atoms with Crippen LogP contribution in [-0.4, -0.2) is 57.0 Å². The maximum Gasteiger partial charge on any atom is 0.241 e. The van der Waals surface area contributed by atoms with Crippen molar-refractivity contribution in [2.45, 2.75) is 19.9 Å². The van der Waals surface area contributed by atoms with Crippen LogP contribution in [0.25, 0.3) is 22.3 Å². The number of benzene rings is 2. The van der Waals surface area contributed by atoms with Crippen LogP contribution in [0.4, 0.5) is 0 Å². The third-order valence-electron chi connectivity index (χ3n) is 5.95. The molecule has 0 bridgehead atoms. The molecule has 0 atom stereocenters. The molecule has 1 saturated heterocycles. The summed E-state index contributed by atoms with van der Waals surface area (Å²) >= 11 is 0. The van der Waals surface area contributed by atoms with Gasteiger partial charge in [0.05, 0.1) is 13.0 Å². The molecule has 0 unspecified atom stereocenters. The molecule has 7 nitrogen and oxygen atoms in total. The van der Waals surface area contributed by atoms with E-state index in [1.54, 1.807) is 0 Å². The Hall–Kier alpha value is -3.45. The van der Waals surface area contributed by atoms with Crippen molar-refractivity contribution in [1.29, 1.82) is 0 Å². The molecule has 3 heterocycles. The summed E-state index contributed by atoms with van der Waals surface area (Å²) in [5.74, 6) is 1.40. The molecule has 1 amide bonds. The van der Waals surface area contributed by atoms with Gasteiger partial charge in [0.15, 0.2) is 0 Å². The van der Waals surface area contributed by atoms with E-state index in [9.17, 15) is 4.79 Å². The average molecular weight is 415 g/mol. The van der Waals surface area contributed by atoms with Crippen molar-refractivity contribution >= 4 is 16.8 Å². The maximum absolute atomic E-state index is 12.8. The van der Waals surface area contributed by atoms with Crippen molar-refractivity contribution in [3.05, 3.63) is 71.7 Å². The Morgan fingerprint density at radius 3 is 2.68 bits per heavy atom. The summed E-state index contributed by atoms with van der Waals surface area (Å²) in [5.41, 5.74) is 4.24. The van der Waals surface area contributed by atoms with Crippen LogP contribution in [0.2, 0.25) is 0 Å². The Kier molecular flexibility index (Phi) is 5.26. The van der Waals surface area contributed by atoms with Crippen molar-refractivity contribution in [2.24, 2.45) is 0 Å². The minimum atomic E-state index is 0.170.